The van der Waals surface area contributed by atoms with Crippen molar-refractivity contribution in [2.24, 2.45) is 0 Å². The van der Waals surface area contributed by atoms with Gasteiger partial charge in [0.05, 0.1) is 0 Å². The summed E-state index contributed by atoms with van der Waals surface area (Å²) in [5.41, 5.74) is 2.73. The van der Waals surface area contributed by atoms with Crippen LogP contribution in [0.3, 0.4) is 0 Å². The molecule has 0 spiro atoms. The van der Waals surface area contributed by atoms with E-state index >= 15 is 0 Å². The van der Waals surface area contributed by atoms with Crippen molar-refractivity contribution in [3.63, 3.8) is 0 Å². The molecule has 21 heavy (non-hydrogen) atoms. The molecule has 0 saturated carbocycles. The SMILES string of the molecule is Oc1ccc(CCC2CCC(Cc3ccccc3)N2)cc1. The molecular formula is C19H23NO. The molecule has 2 N–H and O–H groups in total. The summed E-state index contributed by atoms with van der Waals surface area (Å²) in [5.74, 6) is 0.348. The third-order valence-corrected chi connectivity index (χ3v) is 4.38. The van der Waals surface area contributed by atoms with Gasteiger partial charge in [-0.3, -0.25) is 0 Å². The van der Waals surface area contributed by atoms with Crippen LogP contribution in [0, 0.1) is 0 Å². The molecule has 2 unspecified atom stereocenters. The number of aryl methyl sites for hydroxylation is 1. The van der Waals surface area contributed by atoms with Crippen LogP contribution in [-0.2, 0) is 12.8 Å². The van der Waals surface area contributed by atoms with Crippen molar-refractivity contribution in [1.82, 2.24) is 5.32 Å². The van der Waals surface area contributed by atoms with Crippen LogP contribution >= 0.6 is 0 Å². The minimum Gasteiger partial charge on any atom is -0.508 e. The summed E-state index contributed by atoms with van der Waals surface area (Å²) in [6, 6.07) is 19.6. The van der Waals surface area contributed by atoms with E-state index in [2.05, 4.69) is 35.6 Å². The topological polar surface area (TPSA) is 32.3 Å². The first-order chi connectivity index (χ1) is 10.3. The van der Waals surface area contributed by atoms with Gasteiger partial charge in [0.1, 0.15) is 5.75 Å². The third-order valence-electron chi connectivity index (χ3n) is 4.38. The Balaban J connectivity index is 1.45. The van der Waals surface area contributed by atoms with E-state index in [4.69, 9.17) is 0 Å². The fourth-order valence-corrected chi connectivity index (χ4v) is 3.19. The molecule has 2 heteroatoms. The standard InChI is InChI=1S/C19H23NO/c21-19-12-7-15(8-13-19)6-9-17-10-11-18(20-17)14-16-4-2-1-3-5-16/h1-5,7-8,12-13,17-18,20-21H,6,9-11,14H2. The molecule has 1 heterocycles. The highest BCUT2D eigenvalue weighted by Crippen LogP contribution is 2.20. The second-order valence-electron chi connectivity index (χ2n) is 6.03. The quantitative estimate of drug-likeness (QED) is 0.876. The van der Waals surface area contributed by atoms with Gasteiger partial charge in [-0.2, -0.15) is 0 Å². The minimum atomic E-state index is 0.348. The number of hydrogen-bond acceptors (Lipinski definition) is 2. The van der Waals surface area contributed by atoms with E-state index in [9.17, 15) is 5.11 Å². The Kier molecular flexibility index (Phi) is 4.56. The van der Waals surface area contributed by atoms with Crippen LogP contribution in [0.4, 0.5) is 0 Å². The molecule has 110 valence electrons. The monoisotopic (exact) mass is 281 g/mol. The molecule has 0 bridgehead atoms. The minimum absolute atomic E-state index is 0.348. The molecule has 1 fully saturated rings. The zero-order valence-electron chi connectivity index (χ0n) is 12.3. The zero-order chi connectivity index (χ0) is 14.5. The van der Waals surface area contributed by atoms with E-state index in [1.807, 2.05) is 12.1 Å². The predicted molar refractivity (Wildman–Crippen MR) is 86.5 cm³/mol. The van der Waals surface area contributed by atoms with Crippen LogP contribution in [-0.4, -0.2) is 17.2 Å². The number of benzene rings is 2. The number of phenols is 1. The smallest absolute Gasteiger partial charge is 0.115 e. The van der Waals surface area contributed by atoms with Crippen LogP contribution in [0.25, 0.3) is 0 Å². The summed E-state index contributed by atoms with van der Waals surface area (Å²) in [6.45, 7) is 0. The molecule has 1 aliphatic rings. The maximum Gasteiger partial charge on any atom is 0.115 e. The summed E-state index contributed by atoms with van der Waals surface area (Å²) >= 11 is 0. The van der Waals surface area contributed by atoms with E-state index < -0.39 is 0 Å². The lowest BCUT2D eigenvalue weighted by molar-refractivity contribution is 0.474. The normalized spacial score (nSPS) is 21.5. The van der Waals surface area contributed by atoms with E-state index in [1.54, 1.807) is 12.1 Å². The number of phenolic OH excluding ortho intramolecular Hbond substituents is 1. The molecule has 0 aliphatic carbocycles. The number of hydrogen-bond donors (Lipinski definition) is 2. The van der Waals surface area contributed by atoms with Crippen molar-refractivity contribution >= 4 is 0 Å². The van der Waals surface area contributed by atoms with Crippen LogP contribution in [0.15, 0.2) is 54.6 Å². The second kappa shape index (κ2) is 6.77. The van der Waals surface area contributed by atoms with Crippen LogP contribution in [0.2, 0.25) is 0 Å². The maximum absolute atomic E-state index is 9.30. The Hall–Kier alpha value is -1.80. The Morgan fingerprint density at radius 2 is 1.57 bits per heavy atom. The van der Waals surface area contributed by atoms with Crippen molar-refractivity contribution in [3.8, 4) is 5.75 Å². The van der Waals surface area contributed by atoms with Crippen LogP contribution in [0.1, 0.15) is 30.4 Å². The molecule has 0 aromatic heterocycles. The first-order valence-electron chi connectivity index (χ1n) is 7.87. The highest BCUT2D eigenvalue weighted by molar-refractivity contribution is 5.26. The van der Waals surface area contributed by atoms with Crippen LogP contribution < -0.4 is 5.32 Å². The number of rotatable bonds is 5. The summed E-state index contributed by atoms with van der Waals surface area (Å²) in [6.07, 6.45) is 5.94. The third kappa shape index (κ3) is 4.08. The Morgan fingerprint density at radius 1 is 0.857 bits per heavy atom. The van der Waals surface area contributed by atoms with Gasteiger partial charge >= 0.3 is 0 Å². The van der Waals surface area contributed by atoms with Gasteiger partial charge in [-0.05, 0) is 55.4 Å². The maximum atomic E-state index is 9.30. The Morgan fingerprint density at radius 3 is 2.33 bits per heavy atom. The largest absolute Gasteiger partial charge is 0.508 e. The highest BCUT2D eigenvalue weighted by atomic mass is 16.3. The number of nitrogens with one attached hydrogen (secondary N) is 1. The van der Waals surface area contributed by atoms with E-state index in [0.29, 0.717) is 17.8 Å². The van der Waals surface area contributed by atoms with Gasteiger partial charge in [-0.1, -0.05) is 42.5 Å². The summed E-state index contributed by atoms with van der Waals surface area (Å²) < 4.78 is 0. The van der Waals surface area contributed by atoms with Crippen molar-refractivity contribution < 1.29 is 5.11 Å². The van der Waals surface area contributed by atoms with E-state index in [1.165, 1.54) is 30.4 Å². The van der Waals surface area contributed by atoms with Gasteiger partial charge in [0.15, 0.2) is 0 Å². The fourth-order valence-electron chi connectivity index (χ4n) is 3.19. The summed E-state index contributed by atoms with van der Waals surface area (Å²) in [4.78, 5) is 0. The molecular weight excluding hydrogens is 258 g/mol. The molecule has 0 amide bonds. The first kappa shape index (κ1) is 14.2. The van der Waals surface area contributed by atoms with Crippen molar-refractivity contribution in [2.75, 3.05) is 0 Å². The molecule has 1 saturated heterocycles. The first-order valence-corrected chi connectivity index (χ1v) is 7.87. The molecule has 3 rings (SSSR count). The molecule has 2 aromatic carbocycles. The van der Waals surface area contributed by atoms with Gasteiger partial charge in [0, 0.05) is 12.1 Å². The van der Waals surface area contributed by atoms with Gasteiger partial charge in [0.25, 0.3) is 0 Å². The summed E-state index contributed by atoms with van der Waals surface area (Å²) in [7, 11) is 0. The van der Waals surface area contributed by atoms with Crippen LogP contribution in [0.5, 0.6) is 5.75 Å². The molecule has 0 radical (unpaired) electrons. The average molecular weight is 281 g/mol. The van der Waals surface area contributed by atoms with Gasteiger partial charge in [-0.15, -0.1) is 0 Å². The zero-order valence-corrected chi connectivity index (χ0v) is 12.3. The van der Waals surface area contributed by atoms with Gasteiger partial charge in [0.2, 0.25) is 0 Å². The van der Waals surface area contributed by atoms with Crippen molar-refractivity contribution in [3.05, 3.63) is 65.7 Å². The predicted octanol–water partition coefficient (Wildman–Crippen LogP) is 3.69. The number of aromatic hydroxyl groups is 1. The Labute approximate surface area is 126 Å². The lowest BCUT2D eigenvalue weighted by Crippen LogP contribution is -2.31. The lowest BCUT2D eigenvalue weighted by atomic mass is 10.0. The molecule has 2 atom stereocenters. The van der Waals surface area contributed by atoms with Crippen molar-refractivity contribution in [2.45, 2.75) is 44.2 Å². The van der Waals surface area contributed by atoms with E-state index in [-0.39, 0.29) is 0 Å². The summed E-state index contributed by atoms with van der Waals surface area (Å²) in [5, 5.41) is 13.1. The van der Waals surface area contributed by atoms with Gasteiger partial charge < -0.3 is 10.4 Å². The average Bonchev–Trinajstić information content (AvgIpc) is 2.95. The van der Waals surface area contributed by atoms with Gasteiger partial charge in [-0.25, -0.2) is 0 Å². The fraction of sp³-hybridized carbons (Fsp3) is 0.368. The van der Waals surface area contributed by atoms with E-state index in [0.717, 1.165) is 12.8 Å². The second-order valence-corrected chi connectivity index (χ2v) is 6.03. The molecule has 2 aromatic rings. The Bertz CT molecular complexity index is 550. The van der Waals surface area contributed by atoms with Crippen molar-refractivity contribution in [1.29, 1.82) is 0 Å². The lowest BCUT2D eigenvalue weighted by Gasteiger charge is -2.14. The molecule has 1 aliphatic heterocycles. The highest BCUT2D eigenvalue weighted by Gasteiger charge is 2.23. The molecule has 2 nitrogen and oxygen atoms in total.